The fraction of sp³-hybridized carbons (Fsp3) is 0.625. The van der Waals surface area contributed by atoms with E-state index < -0.39 is 0 Å². The molecule has 1 N–H and O–H groups in total. The Bertz CT molecular complexity index is 594. The molecule has 23 heavy (non-hydrogen) atoms. The van der Waals surface area contributed by atoms with Crippen LogP contribution in [-0.4, -0.2) is 48.2 Å². The summed E-state index contributed by atoms with van der Waals surface area (Å²) in [5, 5.41) is 12.1. The maximum Gasteiger partial charge on any atom is 0.226 e. The van der Waals surface area contributed by atoms with Gasteiger partial charge in [-0.25, -0.2) is 9.97 Å². The summed E-state index contributed by atoms with van der Waals surface area (Å²) < 4.78 is 5.32. The molecule has 0 aromatic carbocycles. The molecule has 122 valence electrons. The SMILES string of the molecule is N#Cc1ccnc(N2CCCC(C(=O)NC3CCOCC3)C2)n1. The minimum Gasteiger partial charge on any atom is -0.381 e. The minimum atomic E-state index is -0.0547. The number of amides is 1. The number of aromatic nitrogens is 2. The number of carbonyl (C=O) groups excluding carboxylic acids is 1. The quantitative estimate of drug-likeness (QED) is 0.889. The Morgan fingerprint density at radius 1 is 1.39 bits per heavy atom. The highest BCUT2D eigenvalue weighted by atomic mass is 16.5. The van der Waals surface area contributed by atoms with Gasteiger partial charge in [-0.15, -0.1) is 0 Å². The van der Waals surface area contributed by atoms with Crippen molar-refractivity contribution in [1.82, 2.24) is 15.3 Å². The molecule has 0 spiro atoms. The molecule has 1 aromatic heterocycles. The lowest BCUT2D eigenvalue weighted by Gasteiger charge is -2.33. The van der Waals surface area contributed by atoms with Crippen molar-refractivity contribution in [3.63, 3.8) is 0 Å². The van der Waals surface area contributed by atoms with E-state index in [1.54, 1.807) is 12.3 Å². The molecule has 2 saturated heterocycles. The molecular formula is C16H21N5O2. The number of nitrogens with zero attached hydrogens (tertiary/aromatic N) is 4. The number of piperidine rings is 1. The summed E-state index contributed by atoms with van der Waals surface area (Å²) >= 11 is 0. The van der Waals surface area contributed by atoms with Crippen LogP contribution in [0.4, 0.5) is 5.95 Å². The van der Waals surface area contributed by atoms with Crippen molar-refractivity contribution in [2.45, 2.75) is 31.7 Å². The lowest BCUT2D eigenvalue weighted by atomic mass is 9.96. The zero-order valence-electron chi connectivity index (χ0n) is 13.1. The molecule has 2 fully saturated rings. The number of carbonyl (C=O) groups is 1. The standard InChI is InChI=1S/C16H21N5O2/c17-10-14-3-6-18-16(20-14)21-7-1-2-12(11-21)15(22)19-13-4-8-23-9-5-13/h3,6,12-13H,1-2,4-5,7-9,11H2,(H,19,22). The predicted octanol–water partition coefficient (Wildman–Crippen LogP) is 0.860. The topological polar surface area (TPSA) is 91.1 Å². The summed E-state index contributed by atoms with van der Waals surface area (Å²) in [6, 6.07) is 3.84. The first-order valence-corrected chi connectivity index (χ1v) is 8.12. The van der Waals surface area contributed by atoms with Crippen LogP contribution in [0.3, 0.4) is 0 Å². The second-order valence-corrected chi connectivity index (χ2v) is 6.03. The Morgan fingerprint density at radius 2 is 2.22 bits per heavy atom. The first-order valence-electron chi connectivity index (χ1n) is 8.12. The minimum absolute atomic E-state index is 0.0547. The van der Waals surface area contributed by atoms with Crippen molar-refractivity contribution in [3.8, 4) is 6.07 Å². The zero-order chi connectivity index (χ0) is 16.1. The summed E-state index contributed by atoms with van der Waals surface area (Å²) in [6.07, 6.45) is 5.16. The molecule has 1 aromatic rings. The lowest BCUT2D eigenvalue weighted by molar-refractivity contribution is -0.126. The molecule has 7 heteroatoms. The van der Waals surface area contributed by atoms with Gasteiger partial charge in [-0.2, -0.15) is 5.26 Å². The Balaban J connectivity index is 1.61. The van der Waals surface area contributed by atoms with E-state index in [0.717, 1.165) is 45.4 Å². The number of ether oxygens (including phenoxy) is 1. The Labute approximate surface area is 135 Å². The smallest absolute Gasteiger partial charge is 0.226 e. The molecule has 2 aliphatic rings. The molecule has 1 atom stereocenters. The zero-order valence-corrected chi connectivity index (χ0v) is 13.1. The van der Waals surface area contributed by atoms with Gasteiger partial charge in [0.05, 0.1) is 5.92 Å². The van der Waals surface area contributed by atoms with Gasteiger partial charge < -0.3 is 15.0 Å². The molecule has 1 amide bonds. The molecule has 0 aliphatic carbocycles. The Hall–Kier alpha value is -2.20. The molecular weight excluding hydrogens is 294 g/mol. The van der Waals surface area contributed by atoms with Crippen LogP contribution in [0.1, 0.15) is 31.4 Å². The van der Waals surface area contributed by atoms with E-state index in [1.165, 1.54) is 0 Å². The van der Waals surface area contributed by atoms with E-state index >= 15 is 0 Å². The summed E-state index contributed by atoms with van der Waals surface area (Å²) in [4.78, 5) is 23.0. The van der Waals surface area contributed by atoms with Gasteiger partial charge in [-0.3, -0.25) is 4.79 Å². The highest BCUT2D eigenvalue weighted by Gasteiger charge is 2.28. The van der Waals surface area contributed by atoms with Gasteiger partial charge in [0.2, 0.25) is 11.9 Å². The van der Waals surface area contributed by atoms with Gasteiger partial charge >= 0.3 is 0 Å². The van der Waals surface area contributed by atoms with Crippen LogP contribution >= 0.6 is 0 Å². The van der Waals surface area contributed by atoms with Crippen molar-refractivity contribution in [3.05, 3.63) is 18.0 Å². The summed E-state index contributed by atoms with van der Waals surface area (Å²) in [6.45, 7) is 2.85. The largest absolute Gasteiger partial charge is 0.381 e. The maximum absolute atomic E-state index is 12.5. The van der Waals surface area contributed by atoms with Gasteiger partial charge in [0.1, 0.15) is 11.8 Å². The molecule has 2 aliphatic heterocycles. The summed E-state index contributed by atoms with van der Waals surface area (Å²) in [7, 11) is 0. The maximum atomic E-state index is 12.5. The lowest BCUT2D eigenvalue weighted by Crippen LogP contribution is -2.47. The summed E-state index contributed by atoms with van der Waals surface area (Å²) in [5.74, 6) is 0.589. The van der Waals surface area contributed by atoms with Crippen LogP contribution in [0.25, 0.3) is 0 Å². The number of hydrogen-bond acceptors (Lipinski definition) is 6. The predicted molar refractivity (Wildman–Crippen MR) is 83.7 cm³/mol. The normalized spacial score (nSPS) is 22.4. The number of nitriles is 1. The third-order valence-corrected chi connectivity index (χ3v) is 4.40. The van der Waals surface area contributed by atoms with Gasteiger partial charge in [0, 0.05) is 38.5 Å². The van der Waals surface area contributed by atoms with Gasteiger partial charge in [0.25, 0.3) is 0 Å². The fourth-order valence-electron chi connectivity index (χ4n) is 3.10. The highest BCUT2D eigenvalue weighted by Crippen LogP contribution is 2.21. The molecule has 7 nitrogen and oxygen atoms in total. The van der Waals surface area contributed by atoms with Crippen LogP contribution in [0, 0.1) is 17.2 Å². The monoisotopic (exact) mass is 315 g/mol. The second-order valence-electron chi connectivity index (χ2n) is 6.03. The number of nitrogens with one attached hydrogen (secondary N) is 1. The third-order valence-electron chi connectivity index (χ3n) is 4.40. The van der Waals surface area contributed by atoms with E-state index in [1.807, 2.05) is 11.0 Å². The number of hydrogen-bond donors (Lipinski definition) is 1. The molecule has 0 radical (unpaired) electrons. The van der Waals surface area contributed by atoms with Crippen LogP contribution in [0.5, 0.6) is 0 Å². The van der Waals surface area contributed by atoms with Gasteiger partial charge in [-0.1, -0.05) is 0 Å². The highest BCUT2D eigenvalue weighted by molar-refractivity contribution is 5.79. The first-order chi connectivity index (χ1) is 11.3. The van der Waals surface area contributed by atoms with E-state index in [0.29, 0.717) is 18.2 Å². The van der Waals surface area contributed by atoms with E-state index in [-0.39, 0.29) is 17.9 Å². The van der Waals surface area contributed by atoms with E-state index in [9.17, 15) is 4.79 Å². The van der Waals surface area contributed by atoms with Crippen LogP contribution in [0.15, 0.2) is 12.3 Å². The number of rotatable bonds is 3. The molecule has 3 rings (SSSR count). The van der Waals surface area contributed by atoms with Gasteiger partial charge in [-0.05, 0) is 31.7 Å². The van der Waals surface area contributed by atoms with Crippen LogP contribution in [0.2, 0.25) is 0 Å². The second kappa shape index (κ2) is 7.38. The Morgan fingerprint density at radius 3 is 3.00 bits per heavy atom. The van der Waals surface area contributed by atoms with Crippen molar-refractivity contribution in [2.75, 3.05) is 31.2 Å². The third kappa shape index (κ3) is 3.96. The molecule has 0 saturated carbocycles. The molecule has 1 unspecified atom stereocenters. The summed E-state index contributed by atoms with van der Waals surface area (Å²) in [5.41, 5.74) is 0.351. The van der Waals surface area contributed by atoms with Crippen molar-refractivity contribution < 1.29 is 9.53 Å². The van der Waals surface area contributed by atoms with E-state index in [4.69, 9.17) is 10.00 Å². The van der Waals surface area contributed by atoms with E-state index in [2.05, 4.69) is 15.3 Å². The average molecular weight is 315 g/mol. The molecule has 3 heterocycles. The van der Waals surface area contributed by atoms with Crippen LogP contribution in [-0.2, 0) is 9.53 Å². The fourth-order valence-corrected chi connectivity index (χ4v) is 3.10. The number of anilines is 1. The average Bonchev–Trinajstić information content (AvgIpc) is 2.63. The van der Waals surface area contributed by atoms with Crippen molar-refractivity contribution in [1.29, 1.82) is 5.26 Å². The van der Waals surface area contributed by atoms with Crippen LogP contribution < -0.4 is 10.2 Å². The molecule has 0 bridgehead atoms. The van der Waals surface area contributed by atoms with Gasteiger partial charge in [0.15, 0.2) is 0 Å². The Kier molecular flexibility index (Phi) is 5.03. The van der Waals surface area contributed by atoms with Crippen molar-refractivity contribution in [2.24, 2.45) is 5.92 Å². The van der Waals surface area contributed by atoms with Crippen molar-refractivity contribution >= 4 is 11.9 Å². The first kappa shape index (κ1) is 15.7.